The first kappa shape index (κ1) is 19.9. The Kier molecular flexibility index (Phi) is 7.17. The van der Waals surface area contributed by atoms with Crippen molar-refractivity contribution in [3.05, 3.63) is 35.4 Å². The van der Waals surface area contributed by atoms with Gasteiger partial charge in [-0.25, -0.2) is 0 Å². The quantitative estimate of drug-likeness (QED) is 0.717. The topological polar surface area (TPSA) is 6.48 Å². The third-order valence-corrected chi connectivity index (χ3v) is 6.78. The highest BCUT2D eigenvalue weighted by Crippen LogP contribution is 2.34. The summed E-state index contributed by atoms with van der Waals surface area (Å²) in [6.07, 6.45) is 6.70. The van der Waals surface area contributed by atoms with Crippen LogP contribution < -0.4 is 0 Å². The Hall–Kier alpha value is -0.860. The molecule has 3 atom stereocenters. The zero-order valence-electron chi connectivity index (χ0n) is 17.6. The van der Waals surface area contributed by atoms with E-state index in [2.05, 4.69) is 61.8 Å². The standard InChI is InChI=1S/C24H40N2/c1-19(2)26-17-20(3)7-12-24(21(4)18-26)23-10-8-22(9-11-23)13-16-25-14-5-6-15-25/h8-11,19-21,24H,5-7,12-18H2,1-4H3. The molecule has 2 saturated heterocycles. The Labute approximate surface area is 162 Å². The normalized spacial score (nSPS) is 29.0. The molecular weight excluding hydrogens is 316 g/mol. The molecule has 2 aliphatic heterocycles. The largest absolute Gasteiger partial charge is 0.303 e. The summed E-state index contributed by atoms with van der Waals surface area (Å²) in [5.41, 5.74) is 3.08. The van der Waals surface area contributed by atoms with Crippen molar-refractivity contribution in [2.75, 3.05) is 32.7 Å². The molecule has 0 N–H and O–H groups in total. The SMILES string of the molecule is CC1CCC(c2ccc(CCN3CCCC3)cc2)C(C)CN(C(C)C)C1. The first-order chi connectivity index (χ1) is 12.5. The van der Waals surface area contributed by atoms with E-state index >= 15 is 0 Å². The zero-order chi connectivity index (χ0) is 18.5. The van der Waals surface area contributed by atoms with Crippen LogP contribution in [-0.2, 0) is 6.42 Å². The molecule has 2 aliphatic rings. The summed E-state index contributed by atoms with van der Waals surface area (Å²) in [6.45, 7) is 16.0. The Morgan fingerprint density at radius 1 is 0.962 bits per heavy atom. The van der Waals surface area contributed by atoms with Crippen molar-refractivity contribution in [2.45, 2.75) is 71.8 Å². The van der Waals surface area contributed by atoms with Crippen molar-refractivity contribution >= 4 is 0 Å². The molecule has 3 rings (SSSR count). The lowest BCUT2D eigenvalue weighted by atomic mass is 9.79. The third kappa shape index (κ3) is 5.33. The summed E-state index contributed by atoms with van der Waals surface area (Å²) < 4.78 is 0. The fraction of sp³-hybridized carbons (Fsp3) is 0.750. The van der Waals surface area contributed by atoms with Crippen molar-refractivity contribution in [2.24, 2.45) is 11.8 Å². The Bertz CT molecular complexity index is 530. The lowest BCUT2D eigenvalue weighted by Crippen LogP contribution is -2.40. The van der Waals surface area contributed by atoms with E-state index in [9.17, 15) is 0 Å². The maximum absolute atomic E-state index is 2.70. The number of hydrogen-bond acceptors (Lipinski definition) is 2. The first-order valence-corrected chi connectivity index (χ1v) is 11.1. The molecule has 26 heavy (non-hydrogen) atoms. The molecule has 3 unspecified atom stereocenters. The molecular formula is C24H40N2. The molecule has 2 fully saturated rings. The van der Waals surface area contributed by atoms with Gasteiger partial charge in [0.15, 0.2) is 0 Å². The minimum absolute atomic E-state index is 0.659. The van der Waals surface area contributed by atoms with Crippen LogP contribution in [0.25, 0.3) is 0 Å². The molecule has 0 radical (unpaired) electrons. The molecule has 146 valence electrons. The Balaban J connectivity index is 1.62. The van der Waals surface area contributed by atoms with Crippen LogP contribution in [0.1, 0.15) is 70.4 Å². The molecule has 0 saturated carbocycles. The zero-order valence-corrected chi connectivity index (χ0v) is 17.6. The molecule has 2 nitrogen and oxygen atoms in total. The molecule has 1 aromatic carbocycles. The predicted molar refractivity (Wildman–Crippen MR) is 113 cm³/mol. The van der Waals surface area contributed by atoms with Crippen molar-refractivity contribution in [1.29, 1.82) is 0 Å². The molecule has 0 spiro atoms. The predicted octanol–water partition coefficient (Wildman–Crippen LogP) is 5.18. The van der Waals surface area contributed by atoms with Crippen LogP contribution >= 0.6 is 0 Å². The van der Waals surface area contributed by atoms with Gasteiger partial charge in [-0.05, 0) is 87.9 Å². The van der Waals surface area contributed by atoms with Crippen LogP contribution in [-0.4, -0.2) is 48.6 Å². The molecule has 0 bridgehead atoms. The van der Waals surface area contributed by atoms with E-state index in [1.165, 1.54) is 70.4 Å². The van der Waals surface area contributed by atoms with E-state index in [4.69, 9.17) is 0 Å². The summed E-state index contributed by atoms with van der Waals surface area (Å²) >= 11 is 0. The second-order valence-corrected chi connectivity index (χ2v) is 9.35. The Morgan fingerprint density at radius 2 is 1.65 bits per heavy atom. The number of rotatable bonds is 5. The molecule has 0 amide bonds. The number of hydrogen-bond donors (Lipinski definition) is 0. The number of likely N-dealkylation sites (tertiary alicyclic amines) is 2. The van der Waals surface area contributed by atoms with Gasteiger partial charge in [0.05, 0.1) is 0 Å². The van der Waals surface area contributed by atoms with Crippen LogP contribution in [0, 0.1) is 11.8 Å². The van der Waals surface area contributed by atoms with Gasteiger partial charge in [-0.3, -0.25) is 0 Å². The van der Waals surface area contributed by atoms with Crippen molar-refractivity contribution < 1.29 is 0 Å². The summed E-state index contributed by atoms with van der Waals surface area (Å²) in [5.74, 6) is 2.26. The fourth-order valence-corrected chi connectivity index (χ4v) is 4.95. The summed E-state index contributed by atoms with van der Waals surface area (Å²) in [4.78, 5) is 5.32. The second kappa shape index (κ2) is 9.37. The smallest absolute Gasteiger partial charge is 0.00388 e. The highest BCUT2D eigenvalue weighted by Gasteiger charge is 2.27. The van der Waals surface area contributed by atoms with Gasteiger partial charge in [-0.15, -0.1) is 0 Å². The second-order valence-electron chi connectivity index (χ2n) is 9.35. The lowest BCUT2D eigenvalue weighted by Gasteiger charge is -2.38. The molecule has 0 aromatic heterocycles. The number of nitrogens with zero attached hydrogens (tertiary/aromatic N) is 2. The van der Waals surface area contributed by atoms with Gasteiger partial charge in [0.25, 0.3) is 0 Å². The van der Waals surface area contributed by atoms with E-state index in [0.717, 1.165) is 11.8 Å². The first-order valence-electron chi connectivity index (χ1n) is 11.1. The highest BCUT2D eigenvalue weighted by atomic mass is 15.1. The average molecular weight is 357 g/mol. The van der Waals surface area contributed by atoms with E-state index in [0.29, 0.717) is 12.0 Å². The van der Waals surface area contributed by atoms with Crippen LogP contribution in [0.15, 0.2) is 24.3 Å². The Morgan fingerprint density at radius 3 is 2.31 bits per heavy atom. The summed E-state index contributed by atoms with van der Waals surface area (Å²) in [6, 6.07) is 10.3. The molecule has 1 aromatic rings. The maximum Gasteiger partial charge on any atom is 0.00388 e. The van der Waals surface area contributed by atoms with E-state index in [-0.39, 0.29) is 0 Å². The lowest BCUT2D eigenvalue weighted by molar-refractivity contribution is 0.133. The highest BCUT2D eigenvalue weighted by molar-refractivity contribution is 5.26. The maximum atomic E-state index is 2.70. The van der Waals surface area contributed by atoms with Gasteiger partial charge in [-0.2, -0.15) is 0 Å². The van der Waals surface area contributed by atoms with Crippen LogP contribution in [0.5, 0.6) is 0 Å². The minimum atomic E-state index is 0.659. The fourth-order valence-electron chi connectivity index (χ4n) is 4.95. The summed E-state index contributed by atoms with van der Waals surface area (Å²) in [5, 5.41) is 0. The summed E-state index contributed by atoms with van der Waals surface area (Å²) in [7, 11) is 0. The average Bonchev–Trinajstić information content (AvgIpc) is 3.12. The van der Waals surface area contributed by atoms with Crippen LogP contribution in [0.3, 0.4) is 0 Å². The van der Waals surface area contributed by atoms with Gasteiger partial charge in [0, 0.05) is 25.7 Å². The van der Waals surface area contributed by atoms with Gasteiger partial charge in [0.1, 0.15) is 0 Å². The van der Waals surface area contributed by atoms with Crippen molar-refractivity contribution in [1.82, 2.24) is 9.80 Å². The van der Waals surface area contributed by atoms with E-state index in [1.54, 1.807) is 5.56 Å². The van der Waals surface area contributed by atoms with Gasteiger partial charge in [0.2, 0.25) is 0 Å². The van der Waals surface area contributed by atoms with Gasteiger partial charge < -0.3 is 9.80 Å². The molecule has 2 heterocycles. The van der Waals surface area contributed by atoms with E-state index in [1.807, 2.05) is 0 Å². The van der Waals surface area contributed by atoms with E-state index < -0.39 is 0 Å². The van der Waals surface area contributed by atoms with Crippen molar-refractivity contribution in [3.8, 4) is 0 Å². The monoisotopic (exact) mass is 356 g/mol. The van der Waals surface area contributed by atoms with Crippen molar-refractivity contribution in [3.63, 3.8) is 0 Å². The van der Waals surface area contributed by atoms with Gasteiger partial charge in [-0.1, -0.05) is 38.1 Å². The number of benzene rings is 1. The van der Waals surface area contributed by atoms with Crippen LogP contribution in [0.4, 0.5) is 0 Å². The third-order valence-electron chi connectivity index (χ3n) is 6.78. The van der Waals surface area contributed by atoms with Gasteiger partial charge >= 0.3 is 0 Å². The molecule has 0 aliphatic carbocycles. The van der Waals surface area contributed by atoms with Crippen LogP contribution in [0.2, 0.25) is 0 Å². The molecule has 2 heteroatoms. The minimum Gasteiger partial charge on any atom is -0.303 e.